The van der Waals surface area contributed by atoms with Crippen LogP contribution in [0.3, 0.4) is 0 Å². The van der Waals surface area contributed by atoms with Gasteiger partial charge in [-0.05, 0) is 49.2 Å². The lowest BCUT2D eigenvalue weighted by Crippen LogP contribution is -2.08. The normalized spacial score (nSPS) is 10.6. The van der Waals surface area contributed by atoms with Gasteiger partial charge in [0.15, 0.2) is 5.78 Å². The first-order chi connectivity index (χ1) is 8.90. The summed E-state index contributed by atoms with van der Waals surface area (Å²) in [4.78, 5) is 12.4. The zero-order valence-corrected chi connectivity index (χ0v) is 12.8. The summed E-state index contributed by atoms with van der Waals surface area (Å²) in [6, 6.07) is 8.03. The molecule has 0 aliphatic carbocycles. The van der Waals surface area contributed by atoms with Crippen LogP contribution in [0.1, 0.15) is 27.0 Å². The Morgan fingerprint density at radius 1 is 1.21 bits per heavy atom. The van der Waals surface area contributed by atoms with E-state index in [1.54, 1.807) is 32.0 Å². The van der Waals surface area contributed by atoms with Crippen LogP contribution in [-0.2, 0) is 0 Å². The molecule has 0 aliphatic heterocycles. The van der Waals surface area contributed by atoms with Crippen molar-refractivity contribution in [1.29, 1.82) is 0 Å². The Morgan fingerprint density at radius 2 is 1.89 bits per heavy atom. The summed E-state index contributed by atoms with van der Waals surface area (Å²) < 4.78 is 14.6. The average molecular weight is 342 g/mol. The van der Waals surface area contributed by atoms with Gasteiger partial charge in [0.05, 0.1) is 5.56 Å². The number of halogens is 3. The highest BCUT2D eigenvalue weighted by molar-refractivity contribution is 9.10. The quantitative estimate of drug-likeness (QED) is 0.695. The summed E-state index contributed by atoms with van der Waals surface area (Å²) >= 11 is 9.18. The molecule has 0 unspecified atom stereocenters. The number of hydrogen-bond donors (Lipinski definition) is 0. The smallest absolute Gasteiger partial charge is 0.197 e. The van der Waals surface area contributed by atoms with Crippen molar-refractivity contribution in [3.8, 4) is 0 Å². The summed E-state index contributed by atoms with van der Waals surface area (Å²) in [7, 11) is 0. The first-order valence-electron chi connectivity index (χ1n) is 5.66. The highest BCUT2D eigenvalue weighted by atomic mass is 79.9. The molecule has 98 valence electrons. The highest BCUT2D eigenvalue weighted by Crippen LogP contribution is 2.26. The molecule has 0 aromatic heterocycles. The molecule has 0 fully saturated rings. The number of benzene rings is 2. The summed E-state index contributed by atoms with van der Waals surface area (Å²) in [5.41, 5.74) is 1.86. The molecule has 1 nitrogen and oxygen atoms in total. The zero-order valence-electron chi connectivity index (χ0n) is 10.4. The van der Waals surface area contributed by atoms with Crippen molar-refractivity contribution in [2.75, 3.05) is 0 Å². The van der Waals surface area contributed by atoms with E-state index < -0.39 is 5.82 Å². The van der Waals surface area contributed by atoms with E-state index in [4.69, 9.17) is 11.6 Å². The third-order valence-corrected chi connectivity index (χ3v) is 3.76. The van der Waals surface area contributed by atoms with E-state index in [1.165, 1.54) is 12.1 Å². The molecule has 0 heterocycles. The third kappa shape index (κ3) is 2.88. The molecule has 4 heteroatoms. The fourth-order valence-electron chi connectivity index (χ4n) is 2.01. The fourth-order valence-corrected chi connectivity index (χ4v) is 2.61. The Hall–Kier alpha value is -1.19. The van der Waals surface area contributed by atoms with E-state index in [0.29, 0.717) is 20.6 Å². The van der Waals surface area contributed by atoms with E-state index in [1.807, 2.05) is 0 Å². The van der Waals surface area contributed by atoms with E-state index >= 15 is 0 Å². The maximum Gasteiger partial charge on any atom is 0.197 e. The topological polar surface area (TPSA) is 17.1 Å². The molecular formula is C15H11BrClFO. The summed E-state index contributed by atoms with van der Waals surface area (Å²) in [5.74, 6) is -0.876. The molecular weight excluding hydrogens is 331 g/mol. The molecule has 0 saturated heterocycles. The van der Waals surface area contributed by atoms with Gasteiger partial charge in [-0.2, -0.15) is 0 Å². The fraction of sp³-hybridized carbons (Fsp3) is 0.133. The second-order valence-corrected chi connectivity index (χ2v) is 5.68. The summed E-state index contributed by atoms with van der Waals surface area (Å²) in [5, 5.41) is 0.441. The molecule has 2 aromatic carbocycles. The Morgan fingerprint density at radius 3 is 2.53 bits per heavy atom. The molecule has 0 saturated carbocycles. The van der Waals surface area contributed by atoms with Gasteiger partial charge < -0.3 is 0 Å². The SMILES string of the molecule is Cc1cc(C)c(C(=O)c2cc(Cl)ccc2Br)c(F)c1. The Bertz CT molecular complexity index is 644. The van der Waals surface area contributed by atoms with Gasteiger partial charge in [-0.25, -0.2) is 4.39 Å². The first-order valence-corrected chi connectivity index (χ1v) is 6.83. The van der Waals surface area contributed by atoms with Crippen LogP contribution >= 0.6 is 27.5 Å². The maximum absolute atomic E-state index is 14.0. The van der Waals surface area contributed by atoms with E-state index in [0.717, 1.165) is 5.56 Å². The molecule has 2 rings (SSSR count). The molecule has 0 aliphatic rings. The van der Waals surface area contributed by atoms with Gasteiger partial charge in [-0.1, -0.05) is 33.6 Å². The lowest BCUT2D eigenvalue weighted by molar-refractivity contribution is 0.103. The average Bonchev–Trinajstić information content (AvgIpc) is 2.30. The van der Waals surface area contributed by atoms with Crippen LogP contribution in [0.15, 0.2) is 34.8 Å². The van der Waals surface area contributed by atoms with E-state index in [2.05, 4.69) is 15.9 Å². The Kier molecular flexibility index (Phi) is 4.07. The van der Waals surface area contributed by atoms with Crippen LogP contribution in [0, 0.1) is 19.7 Å². The minimum absolute atomic E-state index is 0.0913. The van der Waals surface area contributed by atoms with Crippen LogP contribution < -0.4 is 0 Å². The lowest BCUT2D eigenvalue weighted by Gasteiger charge is -2.09. The van der Waals surface area contributed by atoms with Crippen LogP contribution in [0.2, 0.25) is 5.02 Å². The first kappa shape index (κ1) is 14.2. The molecule has 0 radical (unpaired) electrons. The van der Waals surface area contributed by atoms with Crippen LogP contribution in [-0.4, -0.2) is 5.78 Å². The monoisotopic (exact) mass is 340 g/mol. The van der Waals surface area contributed by atoms with Gasteiger partial charge in [-0.3, -0.25) is 4.79 Å². The number of carbonyl (C=O) groups excluding carboxylic acids is 1. The van der Waals surface area contributed by atoms with Crippen molar-refractivity contribution in [2.45, 2.75) is 13.8 Å². The summed E-state index contributed by atoms with van der Waals surface area (Å²) in [6.45, 7) is 3.52. The van der Waals surface area contributed by atoms with Gasteiger partial charge in [0.2, 0.25) is 0 Å². The van der Waals surface area contributed by atoms with Gasteiger partial charge in [-0.15, -0.1) is 0 Å². The predicted molar refractivity (Wildman–Crippen MR) is 78.5 cm³/mol. The largest absolute Gasteiger partial charge is 0.288 e. The second-order valence-electron chi connectivity index (χ2n) is 4.39. The van der Waals surface area contributed by atoms with E-state index in [-0.39, 0.29) is 11.3 Å². The second kappa shape index (κ2) is 5.43. The van der Waals surface area contributed by atoms with Crippen molar-refractivity contribution in [2.24, 2.45) is 0 Å². The van der Waals surface area contributed by atoms with Gasteiger partial charge in [0, 0.05) is 15.1 Å². The van der Waals surface area contributed by atoms with Crippen LogP contribution in [0.5, 0.6) is 0 Å². The highest BCUT2D eigenvalue weighted by Gasteiger charge is 2.19. The molecule has 0 amide bonds. The van der Waals surface area contributed by atoms with Crippen molar-refractivity contribution in [1.82, 2.24) is 0 Å². The van der Waals surface area contributed by atoms with Crippen molar-refractivity contribution >= 4 is 33.3 Å². The predicted octanol–water partition coefficient (Wildman–Crippen LogP) is 5.09. The van der Waals surface area contributed by atoms with Crippen molar-refractivity contribution in [3.05, 3.63) is 67.9 Å². The number of aryl methyl sites for hydroxylation is 2. The molecule has 0 bridgehead atoms. The standard InChI is InChI=1S/C15H11BrClFO/c1-8-5-9(2)14(13(18)6-8)15(19)11-7-10(17)3-4-12(11)16/h3-7H,1-2H3. The number of carbonyl (C=O) groups is 1. The Labute approximate surface area is 124 Å². The number of ketones is 1. The zero-order chi connectivity index (χ0) is 14.2. The lowest BCUT2D eigenvalue weighted by atomic mass is 9.97. The summed E-state index contributed by atoms with van der Waals surface area (Å²) in [6.07, 6.45) is 0. The van der Waals surface area contributed by atoms with Gasteiger partial charge in [0.1, 0.15) is 5.82 Å². The maximum atomic E-state index is 14.0. The third-order valence-electron chi connectivity index (χ3n) is 2.83. The minimum Gasteiger partial charge on any atom is -0.288 e. The van der Waals surface area contributed by atoms with Crippen LogP contribution in [0.25, 0.3) is 0 Å². The van der Waals surface area contributed by atoms with Gasteiger partial charge in [0.25, 0.3) is 0 Å². The van der Waals surface area contributed by atoms with E-state index in [9.17, 15) is 9.18 Å². The number of hydrogen-bond acceptors (Lipinski definition) is 1. The van der Waals surface area contributed by atoms with Crippen molar-refractivity contribution in [3.63, 3.8) is 0 Å². The van der Waals surface area contributed by atoms with Gasteiger partial charge >= 0.3 is 0 Å². The minimum atomic E-state index is -0.505. The number of rotatable bonds is 2. The molecule has 2 aromatic rings. The van der Waals surface area contributed by atoms with Crippen molar-refractivity contribution < 1.29 is 9.18 Å². The molecule has 19 heavy (non-hydrogen) atoms. The molecule has 0 atom stereocenters. The molecule has 0 spiro atoms. The molecule has 0 N–H and O–H groups in total. The Balaban J connectivity index is 2.59. The van der Waals surface area contributed by atoms with Crippen LogP contribution in [0.4, 0.5) is 4.39 Å².